The first-order valence-corrected chi connectivity index (χ1v) is 12.0. The SMILES string of the molecule is COc1cccc2cc(C(=O)OCc3ccc(COC(=O)c4cc5cccc(OC)c5oc4=O)cc3)c(=O)oc12. The van der Waals surface area contributed by atoms with Crippen LogP contribution in [0.25, 0.3) is 21.9 Å². The molecule has 0 saturated heterocycles. The Hall–Kier alpha value is -5.38. The van der Waals surface area contributed by atoms with Gasteiger partial charge in [0, 0.05) is 10.8 Å². The smallest absolute Gasteiger partial charge is 0.351 e. The molecule has 0 amide bonds. The summed E-state index contributed by atoms with van der Waals surface area (Å²) in [6.07, 6.45) is 0. The molecule has 40 heavy (non-hydrogen) atoms. The minimum atomic E-state index is -0.834. The molecule has 0 aliphatic heterocycles. The number of hydrogen-bond donors (Lipinski definition) is 0. The highest BCUT2D eigenvalue weighted by molar-refractivity contribution is 5.94. The number of ether oxygens (including phenoxy) is 4. The van der Waals surface area contributed by atoms with E-state index in [0.29, 0.717) is 33.4 Å². The zero-order chi connectivity index (χ0) is 28.2. The Bertz CT molecular complexity index is 1710. The van der Waals surface area contributed by atoms with E-state index in [1.807, 2.05) is 0 Å². The summed E-state index contributed by atoms with van der Waals surface area (Å²) in [5, 5.41) is 1.04. The highest BCUT2D eigenvalue weighted by Gasteiger charge is 2.18. The molecule has 5 rings (SSSR count). The molecular weight excluding hydrogens is 520 g/mol. The lowest BCUT2D eigenvalue weighted by molar-refractivity contribution is 0.0455. The summed E-state index contributed by atoms with van der Waals surface area (Å²) >= 11 is 0. The Morgan fingerprint density at radius 3 is 1.40 bits per heavy atom. The van der Waals surface area contributed by atoms with Gasteiger partial charge in [-0.2, -0.15) is 0 Å². The number of rotatable bonds is 8. The first-order valence-electron chi connectivity index (χ1n) is 12.0. The molecule has 0 spiro atoms. The summed E-state index contributed by atoms with van der Waals surface area (Å²) < 4.78 is 31.5. The number of fused-ring (bicyclic) bond motifs is 2. The van der Waals surface area contributed by atoms with Crippen molar-refractivity contribution in [3.05, 3.63) is 116 Å². The minimum absolute atomic E-state index is 0.101. The van der Waals surface area contributed by atoms with Gasteiger partial charge in [-0.1, -0.05) is 48.5 Å². The normalized spacial score (nSPS) is 10.8. The first-order chi connectivity index (χ1) is 19.4. The van der Waals surface area contributed by atoms with E-state index >= 15 is 0 Å². The lowest BCUT2D eigenvalue weighted by Gasteiger charge is -2.08. The fourth-order valence-corrected chi connectivity index (χ4v) is 4.03. The largest absolute Gasteiger partial charge is 0.493 e. The molecule has 2 heterocycles. The zero-order valence-electron chi connectivity index (χ0n) is 21.4. The van der Waals surface area contributed by atoms with Gasteiger partial charge in [0.15, 0.2) is 22.7 Å². The Kier molecular flexibility index (Phi) is 7.32. The molecule has 0 aliphatic rings. The molecule has 0 fully saturated rings. The van der Waals surface area contributed by atoms with Gasteiger partial charge in [-0.25, -0.2) is 19.2 Å². The van der Waals surface area contributed by atoms with Crippen molar-refractivity contribution in [1.29, 1.82) is 0 Å². The number of benzene rings is 3. The lowest BCUT2D eigenvalue weighted by Crippen LogP contribution is -2.17. The monoisotopic (exact) mass is 542 g/mol. The van der Waals surface area contributed by atoms with E-state index in [-0.39, 0.29) is 35.5 Å². The van der Waals surface area contributed by atoms with Gasteiger partial charge in [0.1, 0.15) is 24.3 Å². The van der Waals surface area contributed by atoms with Gasteiger partial charge >= 0.3 is 23.2 Å². The predicted molar refractivity (Wildman–Crippen MR) is 143 cm³/mol. The summed E-state index contributed by atoms with van der Waals surface area (Å²) in [4.78, 5) is 49.8. The maximum atomic E-state index is 12.6. The second-order valence-corrected chi connectivity index (χ2v) is 8.62. The number of para-hydroxylation sites is 2. The van der Waals surface area contributed by atoms with Crippen LogP contribution in [-0.2, 0) is 22.7 Å². The molecule has 0 unspecified atom stereocenters. The van der Waals surface area contributed by atoms with Gasteiger partial charge < -0.3 is 27.8 Å². The van der Waals surface area contributed by atoms with Gasteiger partial charge in [-0.3, -0.25) is 0 Å². The molecule has 10 heteroatoms. The number of methoxy groups -OCH3 is 2. The second-order valence-electron chi connectivity index (χ2n) is 8.62. The van der Waals surface area contributed by atoms with Crippen LogP contribution in [0, 0.1) is 0 Å². The van der Waals surface area contributed by atoms with Crippen molar-refractivity contribution in [1.82, 2.24) is 0 Å². The zero-order valence-corrected chi connectivity index (χ0v) is 21.4. The Balaban J connectivity index is 1.21. The maximum Gasteiger partial charge on any atom is 0.351 e. The van der Waals surface area contributed by atoms with Crippen LogP contribution < -0.4 is 20.7 Å². The van der Waals surface area contributed by atoms with Crippen LogP contribution >= 0.6 is 0 Å². The van der Waals surface area contributed by atoms with Crippen molar-refractivity contribution < 1.29 is 37.4 Å². The van der Waals surface area contributed by atoms with E-state index < -0.39 is 23.2 Å². The summed E-state index contributed by atoms with van der Waals surface area (Å²) in [5.41, 5.74) is -0.382. The minimum Gasteiger partial charge on any atom is -0.493 e. The molecule has 0 aliphatic carbocycles. The second kappa shape index (κ2) is 11.2. The van der Waals surface area contributed by atoms with E-state index in [1.165, 1.54) is 26.4 Å². The standard InChI is InChI=1S/C30H22O10/c1-35-23-7-3-5-19-13-21(29(33)39-25(19)23)27(31)37-15-17-9-11-18(12-10-17)16-38-28(32)22-14-20-6-4-8-24(36-2)26(20)40-30(22)34/h3-14H,15-16H2,1-2H3. The molecule has 0 bridgehead atoms. The van der Waals surface area contributed by atoms with Crippen molar-refractivity contribution in [3.8, 4) is 11.5 Å². The summed E-state index contributed by atoms with van der Waals surface area (Å²) in [7, 11) is 2.90. The van der Waals surface area contributed by atoms with E-state index in [2.05, 4.69) is 0 Å². The molecule has 0 atom stereocenters. The Morgan fingerprint density at radius 2 is 1.02 bits per heavy atom. The van der Waals surface area contributed by atoms with Crippen LogP contribution in [0.3, 0.4) is 0 Å². The average molecular weight is 542 g/mol. The maximum absolute atomic E-state index is 12.6. The molecule has 0 N–H and O–H groups in total. The van der Waals surface area contributed by atoms with E-state index in [1.54, 1.807) is 60.7 Å². The van der Waals surface area contributed by atoms with E-state index in [4.69, 9.17) is 27.8 Å². The summed E-state index contributed by atoms with van der Waals surface area (Å²) in [5.74, 6) is -0.907. The number of esters is 2. The molecule has 5 aromatic rings. The quantitative estimate of drug-likeness (QED) is 0.202. The topological polar surface area (TPSA) is 131 Å². The van der Waals surface area contributed by atoms with E-state index in [0.717, 1.165) is 0 Å². The van der Waals surface area contributed by atoms with Gasteiger partial charge in [0.2, 0.25) is 0 Å². The van der Waals surface area contributed by atoms with E-state index in [9.17, 15) is 19.2 Å². The third-order valence-corrected chi connectivity index (χ3v) is 6.09. The van der Waals surface area contributed by atoms with Crippen molar-refractivity contribution in [2.24, 2.45) is 0 Å². The van der Waals surface area contributed by atoms with Crippen LogP contribution in [0.4, 0.5) is 0 Å². The van der Waals surface area contributed by atoms with Crippen molar-refractivity contribution >= 4 is 33.9 Å². The number of hydrogen-bond acceptors (Lipinski definition) is 10. The van der Waals surface area contributed by atoms with Crippen LogP contribution in [0.2, 0.25) is 0 Å². The summed E-state index contributed by atoms with van der Waals surface area (Å²) in [6.45, 7) is -0.202. The highest BCUT2D eigenvalue weighted by Crippen LogP contribution is 2.26. The first kappa shape index (κ1) is 26.2. The average Bonchev–Trinajstić information content (AvgIpc) is 2.97. The molecule has 3 aromatic carbocycles. The Labute approximate surface area is 226 Å². The fourth-order valence-electron chi connectivity index (χ4n) is 4.03. The van der Waals surface area contributed by atoms with Crippen LogP contribution in [0.5, 0.6) is 11.5 Å². The van der Waals surface area contributed by atoms with Crippen molar-refractivity contribution in [3.63, 3.8) is 0 Å². The van der Waals surface area contributed by atoms with Crippen molar-refractivity contribution in [2.45, 2.75) is 13.2 Å². The molecule has 202 valence electrons. The highest BCUT2D eigenvalue weighted by atomic mass is 16.5. The van der Waals surface area contributed by atoms with Gasteiger partial charge in [-0.15, -0.1) is 0 Å². The molecule has 10 nitrogen and oxygen atoms in total. The fraction of sp³-hybridized carbons (Fsp3) is 0.133. The number of carbonyl (C=O) groups excluding carboxylic acids is 2. The molecule has 0 radical (unpaired) electrons. The van der Waals surface area contributed by atoms with Gasteiger partial charge in [0.05, 0.1) is 14.2 Å². The third kappa shape index (κ3) is 5.28. The number of carbonyl (C=O) groups is 2. The molecular formula is C30H22O10. The van der Waals surface area contributed by atoms with Gasteiger partial charge in [-0.05, 0) is 35.4 Å². The van der Waals surface area contributed by atoms with Gasteiger partial charge in [0.25, 0.3) is 0 Å². The summed E-state index contributed by atoms with van der Waals surface area (Å²) in [6, 6.07) is 19.6. The molecule has 0 saturated carbocycles. The Morgan fingerprint density at radius 1 is 0.625 bits per heavy atom. The van der Waals surface area contributed by atoms with Crippen LogP contribution in [0.1, 0.15) is 31.8 Å². The van der Waals surface area contributed by atoms with Crippen LogP contribution in [-0.4, -0.2) is 26.2 Å². The molecule has 2 aromatic heterocycles. The van der Waals surface area contributed by atoms with Crippen molar-refractivity contribution in [2.75, 3.05) is 14.2 Å². The predicted octanol–water partition coefficient (Wildman–Crippen LogP) is 4.63. The van der Waals surface area contributed by atoms with Crippen LogP contribution in [0.15, 0.2) is 91.2 Å². The third-order valence-electron chi connectivity index (χ3n) is 6.09. The lowest BCUT2D eigenvalue weighted by atomic mass is 10.1.